The van der Waals surface area contributed by atoms with Crippen molar-refractivity contribution in [2.24, 2.45) is 5.92 Å². The zero-order valence-corrected chi connectivity index (χ0v) is 12.2. The molecule has 108 valence electrons. The molecule has 20 heavy (non-hydrogen) atoms. The van der Waals surface area contributed by atoms with E-state index in [1.54, 1.807) is 11.8 Å². The second kappa shape index (κ2) is 7.85. The largest absolute Gasteiger partial charge is 0.341 e. The number of benzene rings is 1. The van der Waals surface area contributed by atoms with Gasteiger partial charge in [-0.3, -0.25) is 4.79 Å². The molecule has 0 radical (unpaired) electrons. The molecule has 0 bridgehead atoms. The molecule has 0 aromatic heterocycles. The number of hydrogen-bond acceptors (Lipinski definition) is 3. The van der Waals surface area contributed by atoms with Crippen LogP contribution in [0.2, 0.25) is 0 Å². The molecule has 0 aliphatic carbocycles. The van der Waals surface area contributed by atoms with Gasteiger partial charge >= 0.3 is 0 Å². The van der Waals surface area contributed by atoms with Crippen molar-refractivity contribution in [3.05, 3.63) is 29.8 Å². The van der Waals surface area contributed by atoms with Gasteiger partial charge in [-0.25, -0.2) is 8.78 Å². The number of carbonyl (C=O) groups excluding carboxylic acids is 1. The monoisotopic (exact) mass is 298 g/mol. The van der Waals surface area contributed by atoms with E-state index < -0.39 is 11.6 Å². The van der Waals surface area contributed by atoms with E-state index >= 15 is 0 Å². The number of hydrogen-bond donors (Lipinski definition) is 0. The highest BCUT2D eigenvalue weighted by Gasteiger charge is 2.15. The molecule has 1 aromatic rings. The van der Waals surface area contributed by atoms with Gasteiger partial charge in [0.25, 0.3) is 0 Å². The topological polar surface area (TPSA) is 44.1 Å². The van der Waals surface area contributed by atoms with Gasteiger partial charge in [0.05, 0.1) is 17.7 Å². The lowest BCUT2D eigenvalue weighted by Crippen LogP contribution is -2.35. The third kappa shape index (κ3) is 4.82. The van der Waals surface area contributed by atoms with Crippen molar-refractivity contribution in [1.82, 2.24) is 4.90 Å². The molecule has 1 aromatic carbocycles. The smallest absolute Gasteiger partial charge is 0.232 e. The number of carbonyl (C=O) groups is 1. The third-order valence-corrected chi connectivity index (χ3v) is 3.68. The fourth-order valence-electron chi connectivity index (χ4n) is 1.58. The van der Waals surface area contributed by atoms with Crippen molar-refractivity contribution in [2.45, 2.75) is 18.7 Å². The van der Waals surface area contributed by atoms with Crippen LogP contribution in [0.3, 0.4) is 0 Å². The molecule has 0 aliphatic rings. The lowest BCUT2D eigenvalue weighted by molar-refractivity contribution is -0.128. The molecule has 1 unspecified atom stereocenters. The Balaban J connectivity index is 2.57. The van der Waals surface area contributed by atoms with Gasteiger partial charge < -0.3 is 4.90 Å². The summed E-state index contributed by atoms with van der Waals surface area (Å²) in [7, 11) is 0. The van der Waals surface area contributed by atoms with E-state index in [-0.39, 0.29) is 17.6 Å². The summed E-state index contributed by atoms with van der Waals surface area (Å²) >= 11 is 1.15. The number of thioether (sulfide) groups is 1. The molecule has 1 rings (SSSR count). The second-order valence-corrected chi connectivity index (χ2v) is 5.38. The Morgan fingerprint density at radius 2 is 2.15 bits per heavy atom. The van der Waals surface area contributed by atoms with Crippen LogP contribution in [0.25, 0.3) is 0 Å². The zero-order chi connectivity index (χ0) is 15.1. The first-order chi connectivity index (χ1) is 9.47. The Labute approximate surface area is 121 Å². The summed E-state index contributed by atoms with van der Waals surface area (Å²) in [6.07, 6.45) is 0. The first kappa shape index (κ1) is 16.4. The van der Waals surface area contributed by atoms with Crippen LogP contribution in [0, 0.1) is 28.9 Å². The summed E-state index contributed by atoms with van der Waals surface area (Å²) in [6.45, 7) is 4.48. The van der Waals surface area contributed by atoms with Crippen LogP contribution >= 0.6 is 11.8 Å². The van der Waals surface area contributed by atoms with E-state index in [9.17, 15) is 13.6 Å². The van der Waals surface area contributed by atoms with Gasteiger partial charge in [0.15, 0.2) is 11.6 Å². The summed E-state index contributed by atoms with van der Waals surface area (Å²) in [5.74, 6) is -2.04. The van der Waals surface area contributed by atoms with E-state index in [2.05, 4.69) is 6.07 Å². The van der Waals surface area contributed by atoms with Gasteiger partial charge in [0.1, 0.15) is 0 Å². The molecule has 1 atom stereocenters. The van der Waals surface area contributed by atoms with Gasteiger partial charge in [0.2, 0.25) is 5.91 Å². The SMILES string of the molecule is CCN(CC(C)C#N)C(=O)CSc1ccc(F)c(F)c1. The van der Waals surface area contributed by atoms with Crippen molar-refractivity contribution in [1.29, 1.82) is 5.26 Å². The molecule has 0 spiro atoms. The number of nitrogens with zero attached hydrogens (tertiary/aromatic N) is 2. The predicted octanol–water partition coefficient (Wildman–Crippen LogP) is 3.07. The van der Waals surface area contributed by atoms with E-state index in [0.717, 1.165) is 23.9 Å². The molecule has 0 heterocycles. The molecule has 3 nitrogen and oxygen atoms in total. The van der Waals surface area contributed by atoms with E-state index in [1.165, 1.54) is 6.07 Å². The van der Waals surface area contributed by atoms with E-state index in [4.69, 9.17) is 5.26 Å². The molecule has 0 aliphatic heterocycles. The van der Waals surface area contributed by atoms with Crippen molar-refractivity contribution in [3.63, 3.8) is 0 Å². The average Bonchev–Trinajstić information content (AvgIpc) is 2.45. The molecular formula is C14H16F2N2OS. The Kier molecular flexibility index (Phi) is 6.46. The summed E-state index contributed by atoms with van der Waals surface area (Å²) in [5.41, 5.74) is 0. The molecular weight excluding hydrogens is 282 g/mol. The maximum atomic E-state index is 13.0. The van der Waals surface area contributed by atoms with Crippen LogP contribution < -0.4 is 0 Å². The zero-order valence-electron chi connectivity index (χ0n) is 11.4. The maximum Gasteiger partial charge on any atom is 0.232 e. The highest BCUT2D eigenvalue weighted by atomic mass is 32.2. The van der Waals surface area contributed by atoms with Crippen LogP contribution in [-0.4, -0.2) is 29.6 Å². The fourth-order valence-corrected chi connectivity index (χ4v) is 2.41. The molecule has 0 fully saturated rings. The lowest BCUT2D eigenvalue weighted by Gasteiger charge is -2.21. The van der Waals surface area contributed by atoms with Crippen molar-refractivity contribution in [3.8, 4) is 6.07 Å². The highest BCUT2D eigenvalue weighted by molar-refractivity contribution is 8.00. The van der Waals surface area contributed by atoms with Crippen LogP contribution in [0.5, 0.6) is 0 Å². The summed E-state index contributed by atoms with van der Waals surface area (Å²) in [6, 6.07) is 5.63. The standard InChI is InChI=1S/C14H16F2N2OS/c1-3-18(8-10(2)7-17)14(19)9-20-11-4-5-12(15)13(16)6-11/h4-6,10H,3,8-9H2,1-2H3. The van der Waals surface area contributed by atoms with Crippen molar-refractivity contribution >= 4 is 17.7 Å². The normalized spacial score (nSPS) is 11.8. The minimum atomic E-state index is -0.923. The van der Waals surface area contributed by atoms with Crippen molar-refractivity contribution < 1.29 is 13.6 Å². The van der Waals surface area contributed by atoms with Crippen molar-refractivity contribution in [2.75, 3.05) is 18.8 Å². The average molecular weight is 298 g/mol. The first-order valence-corrected chi connectivity index (χ1v) is 7.21. The minimum Gasteiger partial charge on any atom is -0.341 e. The third-order valence-electron chi connectivity index (χ3n) is 2.70. The van der Waals surface area contributed by atoms with Gasteiger partial charge in [-0.2, -0.15) is 5.26 Å². The van der Waals surface area contributed by atoms with Gasteiger partial charge in [-0.15, -0.1) is 11.8 Å². The number of rotatable bonds is 6. The van der Waals surface area contributed by atoms with Gasteiger partial charge in [-0.05, 0) is 32.0 Å². The summed E-state index contributed by atoms with van der Waals surface area (Å²) < 4.78 is 25.8. The number of amides is 1. The van der Waals surface area contributed by atoms with Crippen LogP contribution in [-0.2, 0) is 4.79 Å². The minimum absolute atomic E-state index is 0.121. The Morgan fingerprint density at radius 1 is 1.45 bits per heavy atom. The predicted molar refractivity (Wildman–Crippen MR) is 74.1 cm³/mol. The Morgan fingerprint density at radius 3 is 2.70 bits per heavy atom. The fraction of sp³-hybridized carbons (Fsp3) is 0.429. The maximum absolute atomic E-state index is 13.0. The summed E-state index contributed by atoms with van der Waals surface area (Å²) in [5, 5.41) is 8.76. The van der Waals surface area contributed by atoms with Crippen LogP contribution in [0.4, 0.5) is 8.78 Å². The Bertz CT molecular complexity index is 516. The second-order valence-electron chi connectivity index (χ2n) is 4.33. The summed E-state index contributed by atoms with van der Waals surface area (Å²) in [4.78, 5) is 14.1. The molecule has 1 amide bonds. The quantitative estimate of drug-likeness (QED) is 0.758. The lowest BCUT2D eigenvalue weighted by atomic mass is 10.2. The first-order valence-electron chi connectivity index (χ1n) is 6.23. The molecule has 0 saturated heterocycles. The highest BCUT2D eigenvalue weighted by Crippen LogP contribution is 2.20. The molecule has 6 heteroatoms. The van der Waals surface area contributed by atoms with E-state index in [1.807, 2.05) is 6.92 Å². The van der Waals surface area contributed by atoms with Gasteiger partial charge in [-0.1, -0.05) is 0 Å². The van der Waals surface area contributed by atoms with Crippen LogP contribution in [0.15, 0.2) is 23.1 Å². The Hall–Kier alpha value is -1.61. The number of halogens is 2. The number of nitriles is 1. The molecule has 0 N–H and O–H groups in total. The van der Waals surface area contributed by atoms with Gasteiger partial charge in [0, 0.05) is 18.0 Å². The molecule has 0 saturated carbocycles. The van der Waals surface area contributed by atoms with Crippen LogP contribution in [0.1, 0.15) is 13.8 Å². The van der Waals surface area contributed by atoms with E-state index in [0.29, 0.717) is 18.0 Å².